The zero-order valence-electron chi connectivity index (χ0n) is 13.3. The lowest BCUT2D eigenvalue weighted by Gasteiger charge is -2.20. The topological polar surface area (TPSA) is 38.1 Å². The van der Waals surface area contributed by atoms with Crippen molar-refractivity contribution in [2.45, 2.75) is 26.4 Å². The van der Waals surface area contributed by atoms with Crippen molar-refractivity contribution in [1.82, 2.24) is 14.5 Å². The molecule has 2 heterocycles. The first kappa shape index (κ1) is 16.0. The first-order chi connectivity index (χ1) is 11.0. The number of carbonyl (C=O) groups excluding carboxylic acids is 1. The summed E-state index contributed by atoms with van der Waals surface area (Å²) < 4.78 is 3.66. The Morgan fingerprint density at radius 2 is 2.17 bits per heavy atom. The molecule has 0 saturated carbocycles. The van der Waals surface area contributed by atoms with Crippen molar-refractivity contribution in [3.63, 3.8) is 0 Å². The lowest BCUT2D eigenvalue weighted by atomic mass is 10.2. The number of hydrogen-bond acceptors (Lipinski definition) is 3. The number of aromatic nitrogens is 2. The van der Waals surface area contributed by atoms with Crippen LogP contribution >= 0.6 is 22.9 Å². The minimum Gasteiger partial charge on any atom is -0.347 e. The summed E-state index contributed by atoms with van der Waals surface area (Å²) in [7, 11) is 1.82. The van der Waals surface area contributed by atoms with Crippen molar-refractivity contribution < 1.29 is 4.79 Å². The van der Waals surface area contributed by atoms with Crippen LogP contribution in [0, 0.1) is 0 Å². The van der Waals surface area contributed by atoms with Crippen LogP contribution in [0.15, 0.2) is 36.5 Å². The number of benzene rings is 1. The van der Waals surface area contributed by atoms with Gasteiger partial charge in [-0.1, -0.05) is 11.6 Å². The van der Waals surface area contributed by atoms with Gasteiger partial charge in [0.05, 0.1) is 16.8 Å². The van der Waals surface area contributed by atoms with Gasteiger partial charge in [-0.05, 0) is 44.2 Å². The smallest absolute Gasteiger partial charge is 0.254 e. The minimum atomic E-state index is -0.0208. The van der Waals surface area contributed by atoms with Crippen LogP contribution in [0.3, 0.4) is 0 Å². The second kappa shape index (κ2) is 6.34. The molecule has 0 aliphatic rings. The first-order valence-corrected chi connectivity index (χ1v) is 8.62. The first-order valence-electron chi connectivity index (χ1n) is 7.43. The van der Waals surface area contributed by atoms with E-state index in [1.807, 2.05) is 37.5 Å². The van der Waals surface area contributed by atoms with Crippen LogP contribution in [-0.4, -0.2) is 27.4 Å². The average molecular weight is 348 g/mol. The fourth-order valence-electron chi connectivity index (χ4n) is 2.63. The van der Waals surface area contributed by atoms with Crippen molar-refractivity contribution in [3.8, 4) is 0 Å². The summed E-state index contributed by atoms with van der Waals surface area (Å²) in [4.78, 5) is 18.6. The summed E-state index contributed by atoms with van der Waals surface area (Å²) in [5, 5.41) is 0. The predicted octanol–water partition coefficient (Wildman–Crippen LogP) is 4.60. The number of rotatable bonds is 4. The summed E-state index contributed by atoms with van der Waals surface area (Å²) in [5.74, 6) is -0.0208. The van der Waals surface area contributed by atoms with Gasteiger partial charge in [-0.2, -0.15) is 0 Å². The van der Waals surface area contributed by atoms with Crippen LogP contribution in [0.5, 0.6) is 0 Å². The predicted molar refractivity (Wildman–Crippen MR) is 95.2 cm³/mol. The Balaban J connectivity index is 1.81. The number of halogens is 1. The largest absolute Gasteiger partial charge is 0.347 e. The average Bonchev–Trinajstić information content (AvgIpc) is 3.10. The van der Waals surface area contributed by atoms with Crippen molar-refractivity contribution in [1.29, 1.82) is 0 Å². The molecule has 3 aromatic rings. The number of hydrogen-bond donors (Lipinski definition) is 0. The fourth-order valence-corrected chi connectivity index (χ4v) is 3.65. The van der Waals surface area contributed by atoms with Gasteiger partial charge in [-0.3, -0.25) is 4.79 Å². The van der Waals surface area contributed by atoms with E-state index in [9.17, 15) is 4.79 Å². The van der Waals surface area contributed by atoms with E-state index in [1.54, 1.807) is 11.0 Å². The molecule has 0 aliphatic heterocycles. The van der Waals surface area contributed by atoms with Crippen LogP contribution < -0.4 is 0 Å². The molecule has 0 spiro atoms. The van der Waals surface area contributed by atoms with E-state index in [4.69, 9.17) is 11.6 Å². The molecule has 3 rings (SSSR count). The molecule has 0 N–H and O–H groups in total. The highest BCUT2D eigenvalue weighted by Gasteiger charge is 2.15. The molecule has 0 aliphatic carbocycles. The molecule has 0 radical (unpaired) electrons. The van der Waals surface area contributed by atoms with Gasteiger partial charge in [-0.15, -0.1) is 11.3 Å². The minimum absolute atomic E-state index is 0.0208. The molecule has 2 aromatic heterocycles. The highest BCUT2D eigenvalue weighted by Crippen LogP contribution is 2.26. The van der Waals surface area contributed by atoms with E-state index in [-0.39, 0.29) is 5.91 Å². The molecule has 0 saturated heterocycles. The summed E-state index contributed by atoms with van der Waals surface area (Å²) >= 11 is 7.34. The molecular weight excluding hydrogens is 330 g/mol. The molecule has 23 heavy (non-hydrogen) atoms. The van der Waals surface area contributed by atoms with E-state index in [1.165, 1.54) is 11.3 Å². The van der Waals surface area contributed by atoms with E-state index < -0.39 is 0 Å². The summed E-state index contributed by atoms with van der Waals surface area (Å²) in [5.41, 5.74) is 2.52. The van der Waals surface area contributed by atoms with Gasteiger partial charge in [0.25, 0.3) is 5.91 Å². The van der Waals surface area contributed by atoms with Crippen molar-refractivity contribution in [2.75, 3.05) is 7.05 Å². The van der Waals surface area contributed by atoms with Gasteiger partial charge in [0.2, 0.25) is 0 Å². The molecule has 0 atom stereocenters. The van der Waals surface area contributed by atoms with E-state index in [2.05, 4.69) is 23.4 Å². The Morgan fingerprint density at radius 1 is 1.39 bits per heavy atom. The van der Waals surface area contributed by atoms with E-state index in [0.29, 0.717) is 22.6 Å². The van der Waals surface area contributed by atoms with Crippen molar-refractivity contribution in [2.24, 2.45) is 0 Å². The SMILES string of the molecule is CC(C)n1cccc1CN(C)C(=O)c1ccc2sc(Cl)nc2c1. The molecular formula is C17H18ClN3OS. The van der Waals surface area contributed by atoms with Gasteiger partial charge in [0.1, 0.15) is 0 Å². The number of nitrogens with zero attached hydrogens (tertiary/aromatic N) is 3. The maximum absolute atomic E-state index is 12.7. The Hall–Kier alpha value is -1.85. The number of fused-ring (bicyclic) bond motifs is 1. The van der Waals surface area contributed by atoms with Crippen LogP contribution in [0.2, 0.25) is 4.47 Å². The summed E-state index contributed by atoms with van der Waals surface area (Å²) in [6, 6.07) is 9.97. The Morgan fingerprint density at radius 3 is 2.91 bits per heavy atom. The molecule has 4 nitrogen and oxygen atoms in total. The van der Waals surface area contributed by atoms with Crippen LogP contribution in [-0.2, 0) is 6.54 Å². The highest BCUT2D eigenvalue weighted by atomic mass is 35.5. The second-order valence-corrected chi connectivity index (χ2v) is 7.42. The van der Waals surface area contributed by atoms with Gasteiger partial charge < -0.3 is 9.47 Å². The van der Waals surface area contributed by atoms with Gasteiger partial charge in [-0.25, -0.2) is 4.98 Å². The molecule has 0 bridgehead atoms. The maximum Gasteiger partial charge on any atom is 0.254 e. The van der Waals surface area contributed by atoms with Crippen LogP contribution in [0.1, 0.15) is 35.9 Å². The van der Waals surface area contributed by atoms with Crippen molar-refractivity contribution >= 4 is 39.1 Å². The molecule has 6 heteroatoms. The third kappa shape index (κ3) is 3.26. The zero-order valence-corrected chi connectivity index (χ0v) is 14.9. The standard InChI is InChI=1S/C17H18ClN3OS/c1-11(2)21-8-4-5-13(21)10-20(3)16(22)12-6-7-15-14(9-12)19-17(18)23-15/h4-9,11H,10H2,1-3H3. The molecule has 1 aromatic carbocycles. The zero-order chi connectivity index (χ0) is 16.6. The molecule has 1 amide bonds. The quantitative estimate of drug-likeness (QED) is 0.691. The van der Waals surface area contributed by atoms with Gasteiger partial charge in [0.15, 0.2) is 4.47 Å². The lowest BCUT2D eigenvalue weighted by molar-refractivity contribution is 0.0781. The molecule has 120 valence electrons. The lowest BCUT2D eigenvalue weighted by Crippen LogP contribution is -2.27. The number of carbonyl (C=O) groups is 1. The third-order valence-corrected chi connectivity index (χ3v) is 4.92. The Labute approximate surface area is 144 Å². The number of thiazole rings is 1. The highest BCUT2D eigenvalue weighted by molar-refractivity contribution is 7.22. The number of amides is 1. The Kier molecular flexibility index (Phi) is 4.41. The fraction of sp³-hybridized carbons (Fsp3) is 0.294. The molecule has 0 fully saturated rings. The monoisotopic (exact) mass is 347 g/mol. The normalized spacial score (nSPS) is 11.3. The van der Waals surface area contributed by atoms with Gasteiger partial charge in [0, 0.05) is 30.5 Å². The van der Waals surface area contributed by atoms with E-state index >= 15 is 0 Å². The third-order valence-electron chi connectivity index (χ3n) is 3.78. The summed E-state index contributed by atoms with van der Waals surface area (Å²) in [6.45, 7) is 4.83. The second-order valence-electron chi connectivity index (χ2n) is 5.81. The maximum atomic E-state index is 12.7. The van der Waals surface area contributed by atoms with Crippen LogP contribution in [0.25, 0.3) is 10.2 Å². The summed E-state index contributed by atoms with van der Waals surface area (Å²) in [6.07, 6.45) is 2.04. The Bertz CT molecular complexity index is 853. The van der Waals surface area contributed by atoms with E-state index in [0.717, 1.165) is 15.9 Å². The van der Waals surface area contributed by atoms with Crippen LogP contribution in [0.4, 0.5) is 0 Å². The molecule has 0 unspecified atom stereocenters. The van der Waals surface area contributed by atoms with Crippen molar-refractivity contribution in [3.05, 3.63) is 52.3 Å². The van der Waals surface area contributed by atoms with Gasteiger partial charge >= 0.3 is 0 Å².